The van der Waals surface area contributed by atoms with Crippen LogP contribution in [0.25, 0.3) is 0 Å². The van der Waals surface area contributed by atoms with Crippen LogP contribution in [0.1, 0.15) is 25.5 Å². The van der Waals surface area contributed by atoms with Crippen molar-refractivity contribution in [2.24, 2.45) is 5.92 Å². The van der Waals surface area contributed by atoms with Crippen molar-refractivity contribution >= 4 is 33.4 Å². The number of amides is 2. The van der Waals surface area contributed by atoms with Gasteiger partial charge < -0.3 is 10.6 Å². The zero-order valence-electron chi connectivity index (χ0n) is 13.5. The summed E-state index contributed by atoms with van der Waals surface area (Å²) in [7, 11) is 0. The van der Waals surface area contributed by atoms with E-state index in [0.29, 0.717) is 19.4 Å². The molecule has 24 heavy (non-hydrogen) atoms. The summed E-state index contributed by atoms with van der Waals surface area (Å²) < 4.78 is 0.905. The molecule has 2 rings (SSSR count). The Morgan fingerprint density at radius 3 is 2.62 bits per heavy atom. The first-order valence-electron chi connectivity index (χ1n) is 7.75. The van der Waals surface area contributed by atoms with Crippen LogP contribution in [0.5, 0.6) is 0 Å². The molecule has 0 aliphatic heterocycles. The van der Waals surface area contributed by atoms with E-state index in [9.17, 15) is 9.59 Å². The molecular formula is C18H20BrN3O2. The average molecular weight is 390 g/mol. The molecule has 2 aromatic rings. The maximum Gasteiger partial charge on any atom is 0.224 e. The second kappa shape index (κ2) is 9.17. The van der Waals surface area contributed by atoms with Gasteiger partial charge in [0.05, 0.1) is 12.2 Å². The standard InChI is InChI=1S/C18H20BrN3O2/c1-13(9-17(23)21-12-16-6-2-3-8-20-16)10-18(24)22-15-7-4-5-14(19)11-15/h2-8,11,13H,9-10,12H2,1H3,(H,21,23)(H,22,24)/t13-/m1/s1. The molecular weight excluding hydrogens is 370 g/mol. The highest BCUT2D eigenvalue weighted by molar-refractivity contribution is 9.10. The first-order valence-corrected chi connectivity index (χ1v) is 8.54. The molecule has 0 aliphatic carbocycles. The summed E-state index contributed by atoms with van der Waals surface area (Å²) in [5, 5.41) is 5.66. The summed E-state index contributed by atoms with van der Waals surface area (Å²) >= 11 is 3.36. The summed E-state index contributed by atoms with van der Waals surface area (Å²) in [5.41, 5.74) is 1.55. The molecule has 0 saturated carbocycles. The Morgan fingerprint density at radius 2 is 1.92 bits per heavy atom. The first kappa shape index (κ1) is 18.1. The number of nitrogens with one attached hydrogen (secondary N) is 2. The number of nitrogens with zero attached hydrogens (tertiary/aromatic N) is 1. The van der Waals surface area contributed by atoms with Gasteiger partial charge in [0, 0.05) is 29.2 Å². The minimum Gasteiger partial charge on any atom is -0.350 e. The number of anilines is 1. The molecule has 0 fully saturated rings. The van der Waals surface area contributed by atoms with Crippen LogP contribution in [-0.2, 0) is 16.1 Å². The van der Waals surface area contributed by atoms with E-state index in [1.807, 2.05) is 49.4 Å². The van der Waals surface area contributed by atoms with E-state index in [-0.39, 0.29) is 17.7 Å². The highest BCUT2D eigenvalue weighted by Gasteiger charge is 2.13. The van der Waals surface area contributed by atoms with Gasteiger partial charge in [0.25, 0.3) is 0 Å². The summed E-state index contributed by atoms with van der Waals surface area (Å²) in [6, 6.07) is 13.0. The van der Waals surface area contributed by atoms with Crippen LogP contribution in [0.15, 0.2) is 53.1 Å². The molecule has 2 N–H and O–H groups in total. The fourth-order valence-corrected chi connectivity index (χ4v) is 2.65. The van der Waals surface area contributed by atoms with Gasteiger partial charge in [-0.25, -0.2) is 0 Å². The number of halogens is 1. The zero-order chi connectivity index (χ0) is 17.4. The monoisotopic (exact) mass is 389 g/mol. The summed E-state index contributed by atoms with van der Waals surface area (Å²) in [5.74, 6) is -0.220. The molecule has 1 atom stereocenters. The Kier molecular flexibility index (Phi) is 6.93. The van der Waals surface area contributed by atoms with E-state index < -0.39 is 0 Å². The van der Waals surface area contributed by atoms with Crippen molar-refractivity contribution in [3.63, 3.8) is 0 Å². The van der Waals surface area contributed by atoms with Crippen molar-refractivity contribution in [1.82, 2.24) is 10.3 Å². The van der Waals surface area contributed by atoms with Gasteiger partial charge in [0.1, 0.15) is 0 Å². The smallest absolute Gasteiger partial charge is 0.224 e. The van der Waals surface area contributed by atoms with Crippen LogP contribution in [0.3, 0.4) is 0 Å². The van der Waals surface area contributed by atoms with Crippen LogP contribution in [0.4, 0.5) is 5.69 Å². The van der Waals surface area contributed by atoms with Crippen LogP contribution in [0, 0.1) is 5.92 Å². The Bertz CT molecular complexity index is 692. The lowest BCUT2D eigenvalue weighted by Crippen LogP contribution is -2.26. The van der Waals surface area contributed by atoms with Gasteiger partial charge >= 0.3 is 0 Å². The Morgan fingerprint density at radius 1 is 1.12 bits per heavy atom. The molecule has 126 valence electrons. The lowest BCUT2D eigenvalue weighted by molar-refractivity contribution is -0.122. The van der Waals surface area contributed by atoms with E-state index in [1.165, 1.54) is 0 Å². The highest BCUT2D eigenvalue weighted by Crippen LogP contribution is 2.17. The number of hydrogen-bond acceptors (Lipinski definition) is 3. The fourth-order valence-electron chi connectivity index (χ4n) is 2.25. The van der Waals surface area contributed by atoms with Gasteiger partial charge in [-0.1, -0.05) is 35.0 Å². The minimum absolute atomic E-state index is 0.0408. The van der Waals surface area contributed by atoms with Crippen molar-refractivity contribution < 1.29 is 9.59 Å². The van der Waals surface area contributed by atoms with Crippen LogP contribution in [0.2, 0.25) is 0 Å². The van der Waals surface area contributed by atoms with E-state index in [1.54, 1.807) is 6.20 Å². The number of pyridine rings is 1. The van der Waals surface area contributed by atoms with Crippen molar-refractivity contribution in [3.05, 3.63) is 58.8 Å². The second-order valence-electron chi connectivity index (χ2n) is 5.67. The highest BCUT2D eigenvalue weighted by atomic mass is 79.9. The minimum atomic E-state index is -0.0990. The number of hydrogen-bond donors (Lipinski definition) is 2. The van der Waals surface area contributed by atoms with Gasteiger partial charge in [-0.15, -0.1) is 0 Å². The number of rotatable bonds is 7. The Hall–Kier alpha value is -2.21. The lowest BCUT2D eigenvalue weighted by Gasteiger charge is -2.12. The topological polar surface area (TPSA) is 71.1 Å². The molecule has 1 aromatic heterocycles. The van der Waals surface area contributed by atoms with Gasteiger partial charge in [0.15, 0.2) is 0 Å². The molecule has 0 unspecified atom stereocenters. The van der Waals surface area contributed by atoms with Crippen molar-refractivity contribution in [2.45, 2.75) is 26.3 Å². The van der Waals surface area contributed by atoms with E-state index in [4.69, 9.17) is 0 Å². The van der Waals surface area contributed by atoms with Crippen molar-refractivity contribution in [3.8, 4) is 0 Å². The third kappa shape index (κ3) is 6.50. The summed E-state index contributed by atoms with van der Waals surface area (Å²) in [4.78, 5) is 28.1. The predicted octanol–water partition coefficient (Wildman–Crippen LogP) is 3.52. The molecule has 0 spiro atoms. The molecule has 2 amide bonds. The Balaban J connectivity index is 1.72. The summed E-state index contributed by atoms with van der Waals surface area (Å²) in [6.07, 6.45) is 2.29. The maximum absolute atomic E-state index is 12.0. The molecule has 5 nitrogen and oxygen atoms in total. The van der Waals surface area contributed by atoms with Crippen LogP contribution >= 0.6 is 15.9 Å². The quantitative estimate of drug-likeness (QED) is 0.760. The van der Waals surface area contributed by atoms with Crippen LogP contribution in [-0.4, -0.2) is 16.8 Å². The molecule has 0 saturated heterocycles. The Labute approximate surface area is 150 Å². The van der Waals surface area contributed by atoms with E-state index >= 15 is 0 Å². The molecule has 1 aromatic carbocycles. The maximum atomic E-state index is 12.0. The molecule has 6 heteroatoms. The molecule has 1 heterocycles. The zero-order valence-corrected chi connectivity index (χ0v) is 15.0. The summed E-state index contributed by atoms with van der Waals surface area (Å²) in [6.45, 7) is 2.29. The number of benzene rings is 1. The third-order valence-electron chi connectivity index (χ3n) is 3.37. The molecule has 0 aliphatic rings. The second-order valence-corrected chi connectivity index (χ2v) is 6.59. The van der Waals surface area contributed by atoms with Gasteiger partial charge in [-0.05, 0) is 36.2 Å². The molecule has 0 radical (unpaired) electrons. The lowest BCUT2D eigenvalue weighted by atomic mass is 10.0. The number of carbonyl (C=O) groups excluding carboxylic acids is 2. The van der Waals surface area contributed by atoms with E-state index in [2.05, 4.69) is 31.5 Å². The van der Waals surface area contributed by atoms with Crippen molar-refractivity contribution in [1.29, 1.82) is 0 Å². The number of aromatic nitrogens is 1. The van der Waals surface area contributed by atoms with Gasteiger partial charge in [-0.3, -0.25) is 14.6 Å². The number of carbonyl (C=O) groups is 2. The van der Waals surface area contributed by atoms with Gasteiger partial charge in [0.2, 0.25) is 11.8 Å². The van der Waals surface area contributed by atoms with Crippen LogP contribution < -0.4 is 10.6 Å². The SMILES string of the molecule is C[C@H](CC(=O)NCc1ccccn1)CC(=O)Nc1cccc(Br)c1. The van der Waals surface area contributed by atoms with E-state index in [0.717, 1.165) is 15.9 Å². The van der Waals surface area contributed by atoms with Crippen molar-refractivity contribution in [2.75, 3.05) is 5.32 Å². The largest absolute Gasteiger partial charge is 0.350 e. The normalized spacial score (nSPS) is 11.6. The average Bonchev–Trinajstić information content (AvgIpc) is 2.53. The van der Waals surface area contributed by atoms with Gasteiger partial charge in [-0.2, -0.15) is 0 Å². The fraction of sp³-hybridized carbons (Fsp3) is 0.278. The third-order valence-corrected chi connectivity index (χ3v) is 3.86. The predicted molar refractivity (Wildman–Crippen MR) is 97.3 cm³/mol. The molecule has 0 bridgehead atoms. The first-order chi connectivity index (χ1) is 11.5.